The number of nitrogens with one attached hydrogen (secondary N) is 1. The molecular formula is C25H19N7O. The van der Waals surface area contributed by atoms with E-state index in [4.69, 9.17) is 4.42 Å². The first-order valence-corrected chi connectivity index (χ1v) is 10.5. The molecule has 0 radical (unpaired) electrons. The van der Waals surface area contributed by atoms with Crippen molar-refractivity contribution in [2.45, 2.75) is 13.5 Å². The maximum Gasteiger partial charge on any atom is 0.247 e. The Morgan fingerprint density at radius 3 is 2.70 bits per heavy atom. The maximum absolute atomic E-state index is 5.58. The summed E-state index contributed by atoms with van der Waals surface area (Å²) in [7, 11) is 0. The third-order valence-corrected chi connectivity index (χ3v) is 5.49. The lowest BCUT2D eigenvalue weighted by molar-refractivity contribution is 0.533. The van der Waals surface area contributed by atoms with Gasteiger partial charge >= 0.3 is 0 Å². The maximum atomic E-state index is 5.58. The largest absolute Gasteiger partial charge is 0.421 e. The van der Waals surface area contributed by atoms with Crippen molar-refractivity contribution in [3.05, 3.63) is 90.7 Å². The van der Waals surface area contributed by atoms with E-state index in [-0.39, 0.29) is 0 Å². The fourth-order valence-electron chi connectivity index (χ4n) is 3.89. The molecule has 3 aromatic heterocycles. The van der Waals surface area contributed by atoms with E-state index in [2.05, 4.69) is 54.8 Å². The molecule has 0 aliphatic rings. The van der Waals surface area contributed by atoms with Crippen molar-refractivity contribution in [2.75, 3.05) is 5.32 Å². The smallest absolute Gasteiger partial charge is 0.247 e. The van der Waals surface area contributed by atoms with E-state index in [1.165, 1.54) is 5.56 Å². The molecule has 0 amide bonds. The summed E-state index contributed by atoms with van der Waals surface area (Å²) >= 11 is 0. The zero-order valence-corrected chi connectivity index (χ0v) is 17.8. The molecule has 0 saturated heterocycles. The fraction of sp³-hybridized carbons (Fsp3) is 0.0800. The third-order valence-electron chi connectivity index (χ3n) is 5.49. The molecule has 3 aromatic carbocycles. The van der Waals surface area contributed by atoms with Gasteiger partial charge in [-0.15, -0.1) is 10.2 Å². The number of anilines is 2. The second-order valence-electron chi connectivity index (χ2n) is 7.77. The van der Waals surface area contributed by atoms with Crippen molar-refractivity contribution >= 4 is 33.3 Å². The van der Waals surface area contributed by atoms with Crippen LogP contribution in [0.1, 0.15) is 11.5 Å². The van der Waals surface area contributed by atoms with Gasteiger partial charge in [0, 0.05) is 28.9 Å². The highest BCUT2D eigenvalue weighted by molar-refractivity contribution is 5.94. The highest BCUT2D eigenvalue weighted by atomic mass is 16.4. The third kappa shape index (κ3) is 3.67. The highest BCUT2D eigenvalue weighted by Crippen LogP contribution is 2.29. The molecule has 8 nitrogen and oxygen atoms in total. The van der Waals surface area contributed by atoms with Gasteiger partial charge in [0.05, 0.1) is 23.8 Å². The Labute approximate surface area is 188 Å². The molecule has 0 atom stereocenters. The minimum atomic E-state index is 0.469. The lowest BCUT2D eigenvalue weighted by atomic mass is 10.1. The fourth-order valence-corrected chi connectivity index (χ4v) is 3.89. The van der Waals surface area contributed by atoms with Crippen LogP contribution in [0.2, 0.25) is 0 Å². The second kappa shape index (κ2) is 7.83. The summed E-state index contributed by atoms with van der Waals surface area (Å²) < 4.78 is 7.58. The van der Waals surface area contributed by atoms with Crippen LogP contribution in [0.4, 0.5) is 11.5 Å². The number of hydrogen-bond donors (Lipinski definition) is 1. The second-order valence-corrected chi connectivity index (χ2v) is 7.77. The zero-order chi connectivity index (χ0) is 22.2. The molecule has 0 spiro atoms. The minimum Gasteiger partial charge on any atom is -0.421 e. The van der Waals surface area contributed by atoms with Crippen LogP contribution in [0.3, 0.4) is 0 Å². The lowest BCUT2D eigenvalue weighted by Crippen LogP contribution is -2.01. The Hall–Kier alpha value is -4.59. The average molecular weight is 433 g/mol. The monoisotopic (exact) mass is 433 g/mol. The molecule has 0 fully saturated rings. The number of aryl methyl sites for hydroxylation is 1. The number of aromatic nitrogens is 6. The SMILES string of the molecule is Cc1nnc(-c2ccc3ncnc(Nc4ccc5c(cnn5Cc5ccccc5)c4)c3c2)o1. The van der Waals surface area contributed by atoms with Crippen molar-refractivity contribution in [2.24, 2.45) is 0 Å². The number of fused-ring (bicyclic) bond motifs is 2. The molecular weight excluding hydrogens is 414 g/mol. The summed E-state index contributed by atoms with van der Waals surface area (Å²) in [6, 6.07) is 22.3. The molecule has 3 heterocycles. The first kappa shape index (κ1) is 19.1. The molecule has 6 rings (SSSR count). The number of nitrogens with zero attached hydrogens (tertiary/aromatic N) is 6. The van der Waals surface area contributed by atoms with Crippen LogP contribution in [0, 0.1) is 6.92 Å². The summed E-state index contributed by atoms with van der Waals surface area (Å²) in [5, 5.41) is 18.0. The van der Waals surface area contributed by atoms with Gasteiger partial charge in [-0.1, -0.05) is 30.3 Å². The first-order valence-electron chi connectivity index (χ1n) is 10.5. The highest BCUT2D eigenvalue weighted by Gasteiger charge is 2.11. The van der Waals surface area contributed by atoms with Crippen molar-refractivity contribution in [1.82, 2.24) is 29.9 Å². The van der Waals surface area contributed by atoms with Gasteiger partial charge in [-0.3, -0.25) is 4.68 Å². The normalized spacial score (nSPS) is 11.3. The van der Waals surface area contributed by atoms with E-state index in [0.29, 0.717) is 17.6 Å². The van der Waals surface area contributed by atoms with Crippen LogP contribution >= 0.6 is 0 Å². The topological polar surface area (TPSA) is 94.5 Å². The van der Waals surface area contributed by atoms with Crippen molar-refractivity contribution < 1.29 is 4.42 Å². The average Bonchev–Trinajstić information content (AvgIpc) is 3.46. The summed E-state index contributed by atoms with van der Waals surface area (Å²) in [6.07, 6.45) is 3.44. The minimum absolute atomic E-state index is 0.469. The Bertz CT molecular complexity index is 1590. The summed E-state index contributed by atoms with van der Waals surface area (Å²) in [5.74, 6) is 1.69. The van der Waals surface area contributed by atoms with Crippen LogP contribution in [-0.4, -0.2) is 29.9 Å². The standard InChI is InChI=1S/C25H19N7O/c1-16-30-31-25(33-16)18-7-9-22-21(12-18)24(27-15-26-22)29-20-8-10-23-19(11-20)13-28-32(23)14-17-5-3-2-4-6-17/h2-13,15H,14H2,1H3,(H,26,27,29). The van der Waals surface area contributed by atoms with E-state index in [1.54, 1.807) is 13.3 Å². The van der Waals surface area contributed by atoms with E-state index >= 15 is 0 Å². The van der Waals surface area contributed by atoms with Crippen LogP contribution in [0.25, 0.3) is 33.3 Å². The predicted molar refractivity (Wildman–Crippen MR) is 126 cm³/mol. The van der Waals surface area contributed by atoms with Gasteiger partial charge in [0.15, 0.2) is 0 Å². The quantitative estimate of drug-likeness (QED) is 0.403. The molecule has 6 aromatic rings. The van der Waals surface area contributed by atoms with E-state index in [0.717, 1.165) is 39.6 Å². The molecule has 1 N–H and O–H groups in total. The molecule has 0 aliphatic heterocycles. The van der Waals surface area contributed by atoms with Crippen molar-refractivity contribution in [1.29, 1.82) is 0 Å². The van der Waals surface area contributed by atoms with Gasteiger partial charge < -0.3 is 9.73 Å². The van der Waals surface area contributed by atoms with E-state index < -0.39 is 0 Å². The van der Waals surface area contributed by atoms with Gasteiger partial charge in [-0.05, 0) is 42.0 Å². The summed E-state index contributed by atoms with van der Waals surface area (Å²) in [6.45, 7) is 2.50. The molecule has 0 aliphatic carbocycles. The van der Waals surface area contributed by atoms with Gasteiger partial charge in [-0.2, -0.15) is 5.10 Å². The zero-order valence-electron chi connectivity index (χ0n) is 17.8. The summed E-state index contributed by atoms with van der Waals surface area (Å²) in [5.41, 5.74) is 4.85. The van der Waals surface area contributed by atoms with Crippen molar-refractivity contribution in [3.63, 3.8) is 0 Å². The Morgan fingerprint density at radius 2 is 1.85 bits per heavy atom. The number of benzene rings is 3. The molecule has 0 saturated carbocycles. The van der Waals surface area contributed by atoms with Gasteiger partial charge in [0.1, 0.15) is 12.1 Å². The summed E-state index contributed by atoms with van der Waals surface area (Å²) in [4.78, 5) is 8.86. The van der Waals surface area contributed by atoms with E-state index in [9.17, 15) is 0 Å². The van der Waals surface area contributed by atoms with Crippen LogP contribution < -0.4 is 5.32 Å². The number of rotatable bonds is 5. The predicted octanol–water partition coefficient (Wildman–Crippen LogP) is 5.13. The molecule has 0 bridgehead atoms. The molecule has 160 valence electrons. The molecule has 0 unspecified atom stereocenters. The van der Waals surface area contributed by atoms with Gasteiger partial charge in [0.25, 0.3) is 0 Å². The Morgan fingerprint density at radius 1 is 0.939 bits per heavy atom. The van der Waals surface area contributed by atoms with Crippen molar-refractivity contribution in [3.8, 4) is 11.5 Å². The van der Waals surface area contributed by atoms with Crippen LogP contribution in [-0.2, 0) is 6.54 Å². The van der Waals surface area contributed by atoms with E-state index in [1.807, 2.05) is 53.3 Å². The van der Waals surface area contributed by atoms with Crippen LogP contribution in [0.5, 0.6) is 0 Å². The molecule has 33 heavy (non-hydrogen) atoms. The Balaban J connectivity index is 1.33. The number of hydrogen-bond acceptors (Lipinski definition) is 7. The first-order chi connectivity index (χ1) is 16.2. The Kier molecular flexibility index (Phi) is 4.54. The lowest BCUT2D eigenvalue weighted by Gasteiger charge is -2.10. The van der Waals surface area contributed by atoms with Crippen LogP contribution in [0.15, 0.2) is 83.7 Å². The molecule has 8 heteroatoms. The van der Waals surface area contributed by atoms with Gasteiger partial charge in [0.2, 0.25) is 11.8 Å². The van der Waals surface area contributed by atoms with Gasteiger partial charge in [-0.25, -0.2) is 9.97 Å².